The Morgan fingerprint density at radius 3 is 2.78 bits per heavy atom. The molecule has 1 rings (SSSR count). The summed E-state index contributed by atoms with van der Waals surface area (Å²) in [6, 6.07) is 6.54. The van der Waals surface area contributed by atoms with E-state index in [0.29, 0.717) is 11.3 Å². The van der Waals surface area contributed by atoms with Gasteiger partial charge in [-0.3, -0.25) is 0 Å². The highest BCUT2D eigenvalue weighted by Crippen LogP contribution is 2.21. The Bertz CT molecular complexity index is 502. The summed E-state index contributed by atoms with van der Waals surface area (Å²) in [4.78, 5) is 11.5. The number of carbonyl (C=O) groups is 1. The fraction of sp³-hybridized carbons (Fsp3) is 0.231. The van der Waals surface area contributed by atoms with E-state index in [1.807, 2.05) is 0 Å². The van der Waals surface area contributed by atoms with Crippen molar-refractivity contribution in [1.29, 1.82) is 5.26 Å². The number of nitrogens with zero attached hydrogens (tertiary/aromatic N) is 1. The molecule has 0 heterocycles. The number of methoxy groups -OCH3 is 2. The number of aliphatic hydroxyl groups excluding tert-OH is 1. The van der Waals surface area contributed by atoms with Crippen LogP contribution in [0.1, 0.15) is 15.9 Å². The molecule has 1 aromatic rings. The van der Waals surface area contributed by atoms with Gasteiger partial charge in [-0.25, -0.2) is 4.79 Å². The summed E-state index contributed by atoms with van der Waals surface area (Å²) in [5.74, 6) is -0.109. The van der Waals surface area contributed by atoms with E-state index >= 15 is 0 Å². The maximum absolute atomic E-state index is 11.5. The van der Waals surface area contributed by atoms with Gasteiger partial charge < -0.3 is 14.6 Å². The first-order valence-electron chi connectivity index (χ1n) is 5.14. The van der Waals surface area contributed by atoms with Crippen LogP contribution in [0.5, 0.6) is 5.75 Å². The summed E-state index contributed by atoms with van der Waals surface area (Å²) in [5.41, 5.74) is 0.944. The minimum Gasteiger partial charge on any atom is -0.496 e. The monoisotopic (exact) mass is 247 g/mol. The molecule has 0 radical (unpaired) electrons. The van der Waals surface area contributed by atoms with Gasteiger partial charge in [0.05, 0.1) is 20.3 Å². The van der Waals surface area contributed by atoms with E-state index in [1.54, 1.807) is 30.3 Å². The van der Waals surface area contributed by atoms with Gasteiger partial charge in [-0.1, -0.05) is 12.1 Å². The zero-order valence-corrected chi connectivity index (χ0v) is 10.1. The van der Waals surface area contributed by atoms with Gasteiger partial charge in [0.2, 0.25) is 0 Å². The molecule has 0 aliphatic carbocycles. The molecule has 0 spiro atoms. The van der Waals surface area contributed by atoms with Gasteiger partial charge >= 0.3 is 5.97 Å². The normalized spacial score (nSPS) is 11.9. The Kier molecular flexibility index (Phi) is 4.90. The highest BCUT2D eigenvalue weighted by molar-refractivity contribution is 5.93. The Morgan fingerprint density at radius 2 is 2.22 bits per heavy atom. The van der Waals surface area contributed by atoms with Crippen LogP contribution < -0.4 is 4.74 Å². The fourth-order valence-electron chi connectivity index (χ4n) is 1.34. The molecule has 94 valence electrons. The first-order valence-corrected chi connectivity index (χ1v) is 5.14. The van der Waals surface area contributed by atoms with Crippen molar-refractivity contribution in [2.45, 2.75) is 6.10 Å². The smallest absolute Gasteiger partial charge is 0.341 e. The van der Waals surface area contributed by atoms with Gasteiger partial charge in [-0.15, -0.1) is 0 Å². The Morgan fingerprint density at radius 1 is 1.50 bits per heavy atom. The summed E-state index contributed by atoms with van der Waals surface area (Å²) < 4.78 is 9.68. The maximum atomic E-state index is 11.5. The number of esters is 1. The molecule has 5 nitrogen and oxygen atoms in total. The third-order valence-electron chi connectivity index (χ3n) is 2.23. The Hall–Kier alpha value is -2.32. The van der Waals surface area contributed by atoms with E-state index in [4.69, 9.17) is 15.1 Å². The molecule has 0 aliphatic rings. The lowest BCUT2D eigenvalue weighted by molar-refractivity contribution is 0.0597. The van der Waals surface area contributed by atoms with Gasteiger partial charge in [-0.2, -0.15) is 5.26 Å². The number of ether oxygens (including phenoxy) is 2. The van der Waals surface area contributed by atoms with Crippen LogP contribution in [0.15, 0.2) is 24.3 Å². The minimum atomic E-state index is -1.17. The van der Waals surface area contributed by atoms with E-state index in [2.05, 4.69) is 4.74 Å². The average molecular weight is 247 g/mol. The molecule has 1 unspecified atom stereocenters. The van der Waals surface area contributed by atoms with Crippen LogP contribution in [-0.2, 0) is 4.74 Å². The number of benzene rings is 1. The van der Waals surface area contributed by atoms with Crippen molar-refractivity contribution >= 4 is 12.0 Å². The van der Waals surface area contributed by atoms with Crippen molar-refractivity contribution in [2.75, 3.05) is 14.2 Å². The maximum Gasteiger partial charge on any atom is 0.341 e. The molecule has 0 fully saturated rings. The van der Waals surface area contributed by atoms with Gasteiger partial charge in [-0.05, 0) is 23.8 Å². The molecule has 5 heteroatoms. The van der Waals surface area contributed by atoms with Crippen LogP contribution in [0.4, 0.5) is 0 Å². The lowest BCUT2D eigenvalue weighted by Crippen LogP contribution is -2.04. The highest BCUT2D eigenvalue weighted by atomic mass is 16.5. The summed E-state index contributed by atoms with van der Waals surface area (Å²) in [6.07, 6.45) is 1.69. The van der Waals surface area contributed by atoms with Crippen LogP contribution in [0.3, 0.4) is 0 Å². The molecule has 0 amide bonds. The second-order valence-electron chi connectivity index (χ2n) is 3.38. The molecule has 0 aliphatic heterocycles. The predicted molar refractivity (Wildman–Crippen MR) is 65.0 cm³/mol. The summed E-state index contributed by atoms with van der Waals surface area (Å²) in [6.45, 7) is 0. The lowest BCUT2D eigenvalue weighted by atomic mass is 10.1. The number of aliphatic hydroxyl groups is 1. The fourth-order valence-corrected chi connectivity index (χ4v) is 1.34. The molecule has 1 atom stereocenters. The van der Waals surface area contributed by atoms with E-state index in [-0.39, 0.29) is 5.56 Å². The van der Waals surface area contributed by atoms with Crippen molar-refractivity contribution in [3.8, 4) is 11.8 Å². The van der Waals surface area contributed by atoms with Crippen molar-refractivity contribution < 1.29 is 19.4 Å². The number of hydrogen-bond donors (Lipinski definition) is 1. The standard InChI is InChI=1S/C13H13NO4/c1-17-12-6-4-9(3-5-10(15)8-14)7-11(12)13(16)18-2/h3-7,10,15H,1-2H3. The Labute approximate surface area is 105 Å². The minimum absolute atomic E-state index is 0.286. The molecular weight excluding hydrogens is 234 g/mol. The molecule has 0 saturated carbocycles. The van der Waals surface area contributed by atoms with Crippen molar-refractivity contribution in [3.05, 3.63) is 35.4 Å². The van der Waals surface area contributed by atoms with Gasteiger partial charge in [0.1, 0.15) is 11.3 Å². The molecule has 1 N–H and O–H groups in total. The quantitative estimate of drug-likeness (QED) is 0.642. The summed E-state index contributed by atoms with van der Waals surface area (Å²) in [7, 11) is 2.74. The average Bonchev–Trinajstić information content (AvgIpc) is 2.43. The number of carbonyl (C=O) groups excluding carboxylic acids is 1. The zero-order valence-electron chi connectivity index (χ0n) is 10.1. The van der Waals surface area contributed by atoms with Crippen molar-refractivity contribution in [2.24, 2.45) is 0 Å². The first-order chi connectivity index (χ1) is 8.62. The topological polar surface area (TPSA) is 79.5 Å². The largest absolute Gasteiger partial charge is 0.496 e. The van der Waals surface area contributed by atoms with Gasteiger partial charge in [0, 0.05) is 0 Å². The van der Waals surface area contributed by atoms with Crippen molar-refractivity contribution in [3.63, 3.8) is 0 Å². The number of nitriles is 1. The van der Waals surface area contributed by atoms with Crippen molar-refractivity contribution in [1.82, 2.24) is 0 Å². The second-order valence-corrected chi connectivity index (χ2v) is 3.38. The van der Waals surface area contributed by atoms with Crippen LogP contribution in [0.2, 0.25) is 0 Å². The van der Waals surface area contributed by atoms with Crippen LogP contribution >= 0.6 is 0 Å². The third-order valence-corrected chi connectivity index (χ3v) is 2.23. The summed E-state index contributed by atoms with van der Waals surface area (Å²) in [5, 5.41) is 17.5. The predicted octanol–water partition coefficient (Wildman–Crippen LogP) is 1.38. The van der Waals surface area contributed by atoms with Gasteiger partial charge in [0.15, 0.2) is 6.10 Å². The first kappa shape index (κ1) is 13.7. The van der Waals surface area contributed by atoms with Crippen LogP contribution in [-0.4, -0.2) is 31.4 Å². The SMILES string of the molecule is COC(=O)c1cc(C=CC(O)C#N)ccc1OC. The summed E-state index contributed by atoms with van der Waals surface area (Å²) >= 11 is 0. The highest BCUT2D eigenvalue weighted by Gasteiger charge is 2.12. The molecular formula is C13H13NO4. The van der Waals surface area contributed by atoms with Crippen LogP contribution in [0, 0.1) is 11.3 Å². The third kappa shape index (κ3) is 3.34. The zero-order chi connectivity index (χ0) is 13.5. The van der Waals surface area contributed by atoms with E-state index in [0.717, 1.165) is 0 Å². The Balaban J connectivity index is 3.07. The molecule has 0 bridgehead atoms. The molecule has 1 aromatic carbocycles. The van der Waals surface area contributed by atoms with Crippen LogP contribution in [0.25, 0.3) is 6.08 Å². The van der Waals surface area contributed by atoms with E-state index in [1.165, 1.54) is 20.3 Å². The second kappa shape index (κ2) is 6.42. The molecule has 0 aromatic heterocycles. The number of hydrogen-bond acceptors (Lipinski definition) is 5. The molecule has 18 heavy (non-hydrogen) atoms. The van der Waals surface area contributed by atoms with Gasteiger partial charge in [0.25, 0.3) is 0 Å². The van der Waals surface area contributed by atoms with E-state index < -0.39 is 12.1 Å². The lowest BCUT2D eigenvalue weighted by Gasteiger charge is -2.07. The van der Waals surface area contributed by atoms with E-state index in [9.17, 15) is 4.79 Å². The number of rotatable bonds is 4. The molecule has 0 saturated heterocycles.